The molecule has 0 radical (unpaired) electrons. The molecule has 1 rings (SSSR count). The van der Waals surface area contributed by atoms with Gasteiger partial charge in [-0.1, -0.05) is 115 Å². The fourth-order valence-corrected chi connectivity index (χ4v) is 7.63. The summed E-state index contributed by atoms with van der Waals surface area (Å²) in [7, 11) is -5.16. The number of hydrogen-bond donors (Lipinski definition) is 8. The van der Waals surface area contributed by atoms with E-state index in [0.29, 0.717) is 38.5 Å². The SMILES string of the molecule is CCCCC/C=C\C[C@H](O)[C@@H](O)CCCCCCCC(=O)O[C@H](COC(=O)CCCCCCC/C=C\CCCCCC)COP(=O)(O)OC1[C@H](O)[C@H](O)C(O)[C@H](O)[C@H]1O. The quantitative estimate of drug-likeness (QED) is 0.0156. The zero-order chi connectivity index (χ0) is 43.9. The summed E-state index contributed by atoms with van der Waals surface area (Å²) in [5.41, 5.74) is 0. The van der Waals surface area contributed by atoms with Crippen LogP contribution in [0.25, 0.3) is 0 Å². The van der Waals surface area contributed by atoms with E-state index in [2.05, 4.69) is 26.0 Å². The van der Waals surface area contributed by atoms with Crippen molar-refractivity contribution in [2.24, 2.45) is 0 Å². The lowest BCUT2D eigenvalue weighted by atomic mass is 9.85. The van der Waals surface area contributed by atoms with E-state index >= 15 is 0 Å². The first-order valence-corrected chi connectivity index (χ1v) is 23.8. The molecular weight excluding hydrogens is 787 g/mol. The van der Waals surface area contributed by atoms with Gasteiger partial charge in [0.2, 0.25) is 0 Å². The van der Waals surface area contributed by atoms with Crippen molar-refractivity contribution in [3.8, 4) is 0 Å². The standard InChI is InChI=1S/C43H79O15P/c1-3-5-7-9-11-12-13-14-15-16-17-21-25-29-36(46)55-31-33(32-56-59(53,54)58-43-41(51)39(49)38(48)40(50)42(43)52)57-37(47)30-26-22-18-20-24-28-35(45)34(44)27-23-19-10-8-6-4-2/h12-13,19,23,33-35,38-45,48-52H,3-11,14-18,20-22,24-32H2,1-2H3,(H,53,54)/b13-12-,23-19-/t33-,34+,35+,38?,39-,40+,41-,42-,43?/m1/s1. The number of aliphatic hydroxyl groups excluding tert-OH is 7. The van der Waals surface area contributed by atoms with Crippen LogP contribution < -0.4 is 0 Å². The highest BCUT2D eigenvalue weighted by Crippen LogP contribution is 2.47. The molecule has 59 heavy (non-hydrogen) atoms. The highest BCUT2D eigenvalue weighted by molar-refractivity contribution is 7.47. The van der Waals surface area contributed by atoms with Gasteiger partial charge < -0.3 is 50.1 Å². The van der Waals surface area contributed by atoms with Crippen LogP contribution >= 0.6 is 7.82 Å². The summed E-state index contributed by atoms with van der Waals surface area (Å²) in [6, 6.07) is 0. The molecule has 1 fully saturated rings. The zero-order valence-electron chi connectivity index (χ0n) is 35.8. The molecule has 0 amide bonds. The first-order valence-electron chi connectivity index (χ1n) is 22.3. The minimum atomic E-state index is -5.16. The van der Waals surface area contributed by atoms with Crippen molar-refractivity contribution >= 4 is 19.8 Å². The maximum atomic E-state index is 12.8. The number of esters is 2. The predicted molar refractivity (Wildman–Crippen MR) is 224 cm³/mol. The van der Waals surface area contributed by atoms with Crippen molar-refractivity contribution in [1.29, 1.82) is 0 Å². The van der Waals surface area contributed by atoms with E-state index in [9.17, 15) is 54.8 Å². The average Bonchev–Trinajstić information content (AvgIpc) is 3.21. The molecule has 15 nitrogen and oxygen atoms in total. The Morgan fingerprint density at radius 3 is 1.63 bits per heavy atom. The number of ether oxygens (including phenoxy) is 2. The van der Waals surface area contributed by atoms with Gasteiger partial charge in [-0.3, -0.25) is 18.6 Å². The van der Waals surface area contributed by atoms with Crippen LogP contribution in [-0.4, -0.2) is 121 Å². The van der Waals surface area contributed by atoms with Crippen molar-refractivity contribution in [2.75, 3.05) is 13.2 Å². The molecule has 0 heterocycles. The molecule has 0 aromatic heterocycles. The molecule has 0 saturated heterocycles. The number of hydrogen-bond acceptors (Lipinski definition) is 14. The summed E-state index contributed by atoms with van der Waals surface area (Å²) in [5.74, 6) is -1.22. The Morgan fingerprint density at radius 1 is 0.576 bits per heavy atom. The molecule has 1 saturated carbocycles. The second-order valence-electron chi connectivity index (χ2n) is 15.9. The molecule has 1 aliphatic carbocycles. The number of phosphoric acid groups is 1. The average molecular weight is 867 g/mol. The first-order chi connectivity index (χ1) is 28.2. The largest absolute Gasteiger partial charge is 0.472 e. The smallest absolute Gasteiger partial charge is 0.462 e. The number of carbonyl (C=O) groups excluding carboxylic acids is 2. The first kappa shape index (κ1) is 55.3. The summed E-state index contributed by atoms with van der Waals surface area (Å²) in [6.07, 6.45) is 13.9. The summed E-state index contributed by atoms with van der Waals surface area (Å²) < 4.78 is 33.4. The Balaban J connectivity index is 2.54. The van der Waals surface area contributed by atoms with Crippen molar-refractivity contribution in [2.45, 2.75) is 223 Å². The highest BCUT2D eigenvalue weighted by Gasteiger charge is 2.51. The molecular formula is C43H79O15P. The van der Waals surface area contributed by atoms with Crippen LogP contribution in [0.2, 0.25) is 0 Å². The van der Waals surface area contributed by atoms with E-state index in [1.165, 1.54) is 32.1 Å². The minimum Gasteiger partial charge on any atom is -0.462 e. The molecule has 1 aliphatic rings. The van der Waals surface area contributed by atoms with Gasteiger partial charge in [-0.05, 0) is 64.2 Å². The molecule has 16 heteroatoms. The van der Waals surface area contributed by atoms with Crippen LogP contribution in [0.3, 0.4) is 0 Å². The lowest BCUT2D eigenvalue weighted by Crippen LogP contribution is -2.64. The van der Waals surface area contributed by atoms with Crippen molar-refractivity contribution in [3.63, 3.8) is 0 Å². The third-order valence-electron chi connectivity index (χ3n) is 10.5. The third-order valence-corrected chi connectivity index (χ3v) is 11.5. The van der Waals surface area contributed by atoms with Crippen LogP contribution in [-0.2, 0) is 32.7 Å². The summed E-state index contributed by atoms with van der Waals surface area (Å²) in [5, 5.41) is 70.5. The van der Waals surface area contributed by atoms with E-state index in [-0.39, 0.29) is 12.8 Å². The second-order valence-corrected chi connectivity index (χ2v) is 17.3. The predicted octanol–water partition coefficient (Wildman–Crippen LogP) is 6.00. The van der Waals surface area contributed by atoms with Crippen LogP contribution in [0.1, 0.15) is 168 Å². The Bertz CT molecular complexity index is 1170. The van der Waals surface area contributed by atoms with E-state index in [1.54, 1.807) is 0 Å². The fourth-order valence-electron chi connectivity index (χ4n) is 6.66. The number of carbonyl (C=O) groups is 2. The molecule has 0 spiro atoms. The van der Waals surface area contributed by atoms with Crippen molar-refractivity contribution in [1.82, 2.24) is 0 Å². The molecule has 0 aromatic rings. The van der Waals surface area contributed by atoms with Gasteiger partial charge in [-0.15, -0.1) is 0 Å². The van der Waals surface area contributed by atoms with Gasteiger partial charge >= 0.3 is 19.8 Å². The van der Waals surface area contributed by atoms with E-state index in [4.69, 9.17) is 18.5 Å². The molecule has 0 aliphatic heterocycles. The van der Waals surface area contributed by atoms with Gasteiger partial charge in [0, 0.05) is 12.8 Å². The van der Waals surface area contributed by atoms with Crippen molar-refractivity contribution in [3.05, 3.63) is 24.3 Å². The Hall–Kier alpha value is -1.75. The Kier molecular flexibility index (Phi) is 31.7. The molecule has 8 N–H and O–H groups in total. The normalized spacial score (nSPS) is 23.6. The number of phosphoric ester groups is 1. The van der Waals surface area contributed by atoms with Crippen molar-refractivity contribution < 1.29 is 73.3 Å². The number of rotatable bonds is 36. The highest BCUT2D eigenvalue weighted by atomic mass is 31.2. The van der Waals surface area contributed by atoms with Gasteiger partial charge in [-0.25, -0.2) is 4.57 Å². The van der Waals surface area contributed by atoms with Gasteiger partial charge in [-0.2, -0.15) is 0 Å². The topological polar surface area (TPSA) is 250 Å². The number of unbranched alkanes of at least 4 members (excludes halogenated alkanes) is 16. The molecule has 0 aromatic carbocycles. The Morgan fingerprint density at radius 2 is 1.03 bits per heavy atom. The molecule has 346 valence electrons. The lowest BCUT2D eigenvalue weighted by Gasteiger charge is -2.41. The summed E-state index contributed by atoms with van der Waals surface area (Å²) >= 11 is 0. The Labute approximate surface area is 352 Å². The minimum absolute atomic E-state index is 0.00300. The summed E-state index contributed by atoms with van der Waals surface area (Å²) in [6.45, 7) is 3.07. The maximum Gasteiger partial charge on any atom is 0.472 e. The zero-order valence-corrected chi connectivity index (χ0v) is 36.7. The summed E-state index contributed by atoms with van der Waals surface area (Å²) in [4.78, 5) is 35.6. The van der Waals surface area contributed by atoms with Gasteiger partial charge in [0.1, 0.15) is 43.2 Å². The van der Waals surface area contributed by atoms with Gasteiger partial charge in [0.05, 0.1) is 18.8 Å². The van der Waals surface area contributed by atoms with Crippen LogP contribution in [0.15, 0.2) is 24.3 Å². The molecule has 3 unspecified atom stereocenters. The monoisotopic (exact) mass is 867 g/mol. The maximum absolute atomic E-state index is 12.8. The fraction of sp³-hybridized carbons (Fsp3) is 0.860. The number of allylic oxidation sites excluding steroid dienone is 3. The van der Waals surface area contributed by atoms with Gasteiger partial charge in [0.25, 0.3) is 0 Å². The van der Waals surface area contributed by atoms with Crippen LogP contribution in [0.4, 0.5) is 0 Å². The van der Waals surface area contributed by atoms with E-state index in [1.807, 2.05) is 12.2 Å². The number of aliphatic hydroxyl groups is 7. The van der Waals surface area contributed by atoms with Crippen LogP contribution in [0.5, 0.6) is 0 Å². The van der Waals surface area contributed by atoms with Crippen LogP contribution in [0, 0.1) is 0 Å². The van der Waals surface area contributed by atoms with Gasteiger partial charge in [0.15, 0.2) is 6.10 Å². The third kappa shape index (κ3) is 26.4. The second kappa shape index (κ2) is 33.8. The molecule has 0 bridgehead atoms. The molecule has 10 atom stereocenters. The lowest BCUT2D eigenvalue weighted by molar-refractivity contribution is -0.220. The van der Waals surface area contributed by atoms with E-state index in [0.717, 1.165) is 70.6 Å². The van der Waals surface area contributed by atoms with E-state index < -0.39 is 87.9 Å².